The second kappa shape index (κ2) is 8.73. The van der Waals surface area contributed by atoms with Crippen molar-refractivity contribution in [2.75, 3.05) is 6.54 Å². The minimum Gasteiger partial charge on any atom is -0.445 e. The van der Waals surface area contributed by atoms with Gasteiger partial charge in [0.1, 0.15) is 12.4 Å². The summed E-state index contributed by atoms with van der Waals surface area (Å²) in [5.74, 6) is -0.213. The highest BCUT2D eigenvalue weighted by Gasteiger charge is 2.01. The molecule has 4 heteroatoms. The van der Waals surface area contributed by atoms with Gasteiger partial charge in [-0.25, -0.2) is 9.18 Å². The lowest BCUT2D eigenvalue weighted by atomic mass is 10.1. The van der Waals surface area contributed by atoms with Crippen molar-refractivity contribution in [2.45, 2.75) is 20.0 Å². The highest BCUT2D eigenvalue weighted by Crippen LogP contribution is 2.10. The molecule has 2 rings (SSSR count). The molecule has 1 N–H and O–H groups in total. The number of rotatable bonds is 6. The molecule has 0 fully saturated rings. The van der Waals surface area contributed by atoms with Crippen LogP contribution in [0.15, 0.2) is 54.6 Å². The Labute approximate surface area is 135 Å². The Bertz CT molecular complexity index is 668. The first-order valence-corrected chi connectivity index (χ1v) is 7.52. The first-order chi connectivity index (χ1) is 11.1. The third-order valence-corrected chi connectivity index (χ3v) is 3.30. The van der Waals surface area contributed by atoms with E-state index >= 15 is 0 Å². The number of carbonyl (C=O) groups is 1. The molecule has 1 amide bonds. The Morgan fingerprint density at radius 3 is 2.74 bits per heavy atom. The van der Waals surface area contributed by atoms with Crippen molar-refractivity contribution in [3.05, 3.63) is 77.1 Å². The number of nitrogens with one attached hydrogen (secondary N) is 1. The molecular formula is C19H20FNO2. The van der Waals surface area contributed by atoms with E-state index in [1.165, 1.54) is 6.07 Å². The average molecular weight is 313 g/mol. The number of ether oxygens (including phenoxy) is 1. The lowest BCUT2D eigenvalue weighted by Gasteiger charge is -2.05. The Balaban J connectivity index is 1.65. The fourth-order valence-corrected chi connectivity index (χ4v) is 1.96. The molecule has 2 aromatic rings. The molecule has 3 nitrogen and oxygen atoms in total. The summed E-state index contributed by atoms with van der Waals surface area (Å²) in [5.41, 5.74) is 2.38. The maximum atomic E-state index is 13.4. The lowest BCUT2D eigenvalue weighted by Crippen LogP contribution is -2.24. The molecule has 0 saturated heterocycles. The molecule has 0 bridgehead atoms. The first-order valence-electron chi connectivity index (χ1n) is 7.52. The Morgan fingerprint density at radius 1 is 1.22 bits per heavy atom. The Kier molecular flexibility index (Phi) is 6.36. The minimum atomic E-state index is -0.441. The molecule has 0 unspecified atom stereocenters. The summed E-state index contributed by atoms with van der Waals surface area (Å²) in [5, 5.41) is 2.67. The van der Waals surface area contributed by atoms with Crippen LogP contribution in [-0.2, 0) is 11.3 Å². The van der Waals surface area contributed by atoms with Crippen molar-refractivity contribution in [2.24, 2.45) is 0 Å². The molecule has 0 atom stereocenters. The zero-order valence-corrected chi connectivity index (χ0v) is 13.1. The second-order valence-electron chi connectivity index (χ2n) is 5.19. The number of carbonyl (C=O) groups excluding carboxylic acids is 1. The van der Waals surface area contributed by atoms with Crippen molar-refractivity contribution < 1.29 is 13.9 Å². The van der Waals surface area contributed by atoms with Crippen LogP contribution in [-0.4, -0.2) is 12.6 Å². The van der Waals surface area contributed by atoms with Gasteiger partial charge in [0.25, 0.3) is 0 Å². The van der Waals surface area contributed by atoms with Crippen molar-refractivity contribution in [3.8, 4) is 0 Å². The second-order valence-corrected chi connectivity index (χ2v) is 5.19. The normalized spacial score (nSPS) is 10.7. The van der Waals surface area contributed by atoms with E-state index in [0.29, 0.717) is 18.5 Å². The number of benzene rings is 2. The number of aryl methyl sites for hydroxylation is 1. The van der Waals surface area contributed by atoms with Crippen LogP contribution < -0.4 is 5.32 Å². The van der Waals surface area contributed by atoms with Crippen LogP contribution in [0, 0.1) is 12.7 Å². The molecule has 2 aromatic carbocycles. The summed E-state index contributed by atoms with van der Waals surface area (Å²) in [6.07, 6.45) is 3.93. The summed E-state index contributed by atoms with van der Waals surface area (Å²) in [6.45, 7) is 2.46. The van der Waals surface area contributed by atoms with Gasteiger partial charge >= 0.3 is 6.09 Å². The van der Waals surface area contributed by atoms with E-state index in [0.717, 1.165) is 11.1 Å². The number of hydrogen-bond donors (Lipinski definition) is 1. The molecule has 0 radical (unpaired) electrons. The maximum Gasteiger partial charge on any atom is 0.407 e. The summed E-state index contributed by atoms with van der Waals surface area (Å²) in [6, 6.07) is 14.6. The predicted octanol–water partition coefficient (Wildman–Crippen LogP) is 4.46. The van der Waals surface area contributed by atoms with Gasteiger partial charge in [-0.05, 0) is 36.1 Å². The highest BCUT2D eigenvalue weighted by molar-refractivity contribution is 5.67. The highest BCUT2D eigenvalue weighted by atomic mass is 19.1. The average Bonchev–Trinajstić information content (AvgIpc) is 2.57. The van der Waals surface area contributed by atoms with Gasteiger partial charge in [-0.2, -0.15) is 0 Å². The molecule has 0 aliphatic rings. The van der Waals surface area contributed by atoms with Gasteiger partial charge in [-0.3, -0.25) is 0 Å². The van der Waals surface area contributed by atoms with Gasteiger partial charge in [0.15, 0.2) is 0 Å². The van der Waals surface area contributed by atoms with Gasteiger partial charge in [-0.15, -0.1) is 0 Å². The lowest BCUT2D eigenvalue weighted by molar-refractivity contribution is 0.140. The van der Waals surface area contributed by atoms with Gasteiger partial charge in [0.2, 0.25) is 0 Å². The van der Waals surface area contributed by atoms with Gasteiger partial charge in [0.05, 0.1) is 0 Å². The number of alkyl carbamates (subject to hydrolysis) is 1. The largest absolute Gasteiger partial charge is 0.445 e. The zero-order valence-electron chi connectivity index (χ0n) is 13.1. The van der Waals surface area contributed by atoms with E-state index in [1.54, 1.807) is 13.0 Å². The van der Waals surface area contributed by atoms with E-state index in [9.17, 15) is 9.18 Å². The minimum absolute atomic E-state index is 0.213. The van der Waals surface area contributed by atoms with Crippen molar-refractivity contribution in [1.29, 1.82) is 0 Å². The summed E-state index contributed by atoms with van der Waals surface area (Å²) >= 11 is 0. The Hall–Kier alpha value is -2.62. The number of amides is 1. The summed E-state index contributed by atoms with van der Waals surface area (Å²) < 4.78 is 18.5. The topological polar surface area (TPSA) is 38.3 Å². The summed E-state index contributed by atoms with van der Waals surface area (Å²) in [7, 11) is 0. The van der Waals surface area contributed by atoms with Crippen LogP contribution >= 0.6 is 0 Å². The van der Waals surface area contributed by atoms with Crippen LogP contribution in [0.3, 0.4) is 0 Å². The van der Waals surface area contributed by atoms with Crippen LogP contribution in [0.5, 0.6) is 0 Å². The third-order valence-electron chi connectivity index (χ3n) is 3.30. The van der Waals surface area contributed by atoms with Crippen LogP contribution in [0.4, 0.5) is 9.18 Å². The maximum absolute atomic E-state index is 13.4. The van der Waals surface area contributed by atoms with Crippen LogP contribution in [0.25, 0.3) is 6.08 Å². The zero-order chi connectivity index (χ0) is 16.5. The smallest absolute Gasteiger partial charge is 0.407 e. The van der Waals surface area contributed by atoms with Gasteiger partial charge in [-0.1, -0.05) is 54.6 Å². The third kappa shape index (κ3) is 5.94. The fraction of sp³-hybridized carbons (Fsp3) is 0.211. The quantitative estimate of drug-likeness (QED) is 0.799. The van der Waals surface area contributed by atoms with Crippen molar-refractivity contribution in [1.82, 2.24) is 5.32 Å². The van der Waals surface area contributed by atoms with E-state index in [4.69, 9.17) is 4.74 Å². The SMILES string of the molecule is Cc1ccc(C=CCCNC(=O)OCc2ccccc2)cc1F. The monoisotopic (exact) mass is 313 g/mol. The first kappa shape index (κ1) is 16.7. The standard InChI is InChI=1S/C19H20FNO2/c1-15-10-11-16(13-18(15)20)7-5-6-12-21-19(22)23-14-17-8-3-2-4-9-17/h2-5,7-11,13H,6,12,14H2,1H3,(H,21,22). The predicted molar refractivity (Wildman–Crippen MR) is 89.4 cm³/mol. The van der Waals surface area contributed by atoms with Gasteiger partial charge < -0.3 is 10.1 Å². The molecular weight excluding hydrogens is 293 g/mol. The van der Waals surface area contributed by atoms with Crippen LogP contribution in [0.1, 0.15) is 23.1 Å². The van der Waals surface area contributed by atoms with E-state index in [-0.39, 0.29) is 12.4 Å². The molecule has 120 valence electrons. The molecule has 0 aliphatic heterocycles. The van der Waals surface area contributed by atoms with Crippen molar-refractivity contribution in [3.63, 3.8) is 0 Å². The van der Waals surface area contributed by atoms with Crippen molar-refractivity contribution >= 4 is 12.2 Å². The Morgan fingerprint density at radius 2 is 2.00 bits per heavy atom. The molecule has 0 aliphatic carbocycles. The molecule has 23 heavy (non-hydrogen) atoms. The van der Waals surface area contributed by atoms with E-state index in [2.05, 4.69) is 5.32 Å². The van der Waals surface area contributed by atoms with Crippen LogP contribution in [0.2, 0.25) is 0 Å². The number of hydrogen-bond acceptors (Lipinski definition) is 2. The van der Waals surface area contributed by atoms with Gasteiger partial charge in [0, 0.05) is 6.54 Å². The molecule has 0 spiro atoms. The molecule has 0 saturated carbocycles. The molecule has 0 aromatic heterocycles. The fourth-order valence-electron chi connectivity index (χ4n) is 1.96. The van der Waals surface area contributed by atoms with E-state index < -0.39 is 6.09 Å². The molecule has 0 heterocycles. The number of halogens is 1. The van der Waals surface area contributed by atoms with E-state index in [1.807, 2.05) is 48.6 Å². The summed E-state index contributed by atoms with van der Waals surface area (Å²) in [4.78, 5) is 11.5.